The van der Waals surface area contributed by atoms with Crippen LogP contribution in [0.15, 0.2) is 42.6 Å². The van der Waals surface area contributed by atoms with Gasteiger partial charge < -0.3 is 9.30 Å². The fraction of sp³-hybridized carbons (Fsp3) is 0.400. The summed E-state index contributed by atoms with van der Waals surface area (Å²) in [4.78, 5) is 35.9. The van der Waals surface area contributed by atoms with Gasteiger partial charge in [-0.3, -0.25) is 14.5 Å². The molecule has 0 unspecified atom stereocenters. The van der Waals surface area contributed by atoms with Crippen molar-refractivity contribution < 1.29 is 9.59 Å². The third-order valence-electron chi connectivity index (χ3n) is 7.07. The summed E-state index contributed by atoms with van der Waals surface area (Å²) in [7, 11) is 0. The van der Waals surface area contributed by atoms with Gasteiger partial charge in [0.2, 0.25) is 0 Å². The zero-order valence-corrected chi connectivity index (χ0v) is 18.6. The first kappa shape index (κ1) is 19.9. The van der Waals surface area contributed by atoms with E-state index in [9.17, 15) is 9.59 Å². The summed E-state index contributed by atoms with van der Waals surface area (Å²) in [5.41, 5.74) is 4.72. The Hall–Kier alpha value is -2.99. The number of carbonyl (C=O) groups is 2. The second-order valence-corrected chi connectivity index (χ2v) is 9.14. The molecule has 0 spiro atoms. The highest BCUT2D eigenvalue weighted by Gasteiger charge is 2.54. The lowest BCUT2D eigenvalue weighted by molar-refractivity contribution is 0.0560. The summed E-state index contributed by atoms with van der Waals surface area (Å²) in [5, 5.41) is 0. The van der Waals surface area contributed by atoms with Gasteiger partial charge in [-0.15, -0.1) is 0 Å². The Balaban J connectivity index is 1.53. The van der Waals surface area contributed by atoms with Gasteiger partial charge in [0.15, 0.2) is 5.78 Å². The first-order chi connectivity index (χ1) is 14.8. The molecule has 2 aromatic heterocycles. The number of ketones is 1. The molecule has 2 atom stereocenters. The number of imidazole rings is 1. The van der Waals surface area contributed by atoms with E-state index in [-0.39, 0.29) is 17.7 Å². The van der Waals surface area contributed by atoms with E-state index in [4.69, 9.17) is 4.98 Å². The monoisotopic (exact) mass is 416 g/mol. The Morgan fingerprint density at radius 1 is 1.13 bits per heavy atom. The lowest BCUT2D eigenvalue weighted by atomic mass is 9.78. The number of Topliss-reactive ketones (excluding diaryl/α,β-unsaturated/α-hetero) is 1. The SMILES string of the molecule is CCN1C(=O)c2ccccc2C(=O)[C@@]2(C)CN(Cc3c(C)nc4cc(C)ccn34)C[C@@H]12. The van der Waals surface area contributed by atoms with E-state index >= 15 is 0 Å². The molecule has 5 rings (SSSR count). The average molecular weight is 417 g/mol. The summed E-state index contributed by atoms with van der Waals surface area (Å²) in [6.07, 6.45) is 2.07. The summed E-state index contributed by atoms with van der Waals surface area (Å²) in [6.45, 7) is 10.7. The summed E-state index contributed by atoms with van der Waals surface area (Å²) < 4.78 is 2.14. The van der Waals surface area contributed by atoms with Gasteiger partial charge in [-0.2, -0.15) is 0 Å². The Kier molecular flexibility index (Phi) is 4.52. The Morgan fingerprint density at radius 2 is 1.87 bits per heavy atom. The van der Waals surface area contributed by atoms with Gasteiger partial charge in [0, 0.05) is 37.9 Å². The number of carbonyl (C=O) groups excluding carboxylic acids is 2. The third kappa shape index (κ3) is 2.92. The topological polar surface area (TPSA) is 57.9 Å². The van der Waals surface area contributed by atoms with Crippen molar-refractivity contribution in [1.82, 2.24) is 19.2 Å². The van der Waals surface area contributed by atoms with Crippen molar-refractivity contribution >= 4 is 17.3 Å². The van der Waals surface area contributed by atoms with E-state index in [1.165, 1.54) is 5.56 Å². The number of fused-ring (bicyclic) bond motifs is 3. The first-order valence-corrected chi connectivity index (χ1v) is 10.9. The van der Waals surface area contributed by atoms with Crippen LogP contribution in [0.1, 0.15) is 51.5 Å². The number of aromatic nitrogens is 2. The van der Waals surface area contributed by atoms with Crippen molar-refractivity contribution in [3.63, 3.8) is 0 Å². The maximum absolute atomic E-state index is 13.7. The van der Waals surface area contributed by atoms with Gasteiger partial charge >= 0.3 is 0 Å². The van der Waals surface area contributed by atoms with Crippen LogP contribution in [0.2, 0.25) is 0 Å². The molecular formula is C25H28N4O2. The number of likely N-dealkylation sites (tertiary alicyclic amines) is 1. The standard InChI is InChI=1S/C25H28N4O2/c1-5-28-21-14-27(13-20-17(3)26-22-12-16(2)10-11-29(20)22)15-25(21,4)23(30)18-8-6-7-9-19(18)24(28)31/h6-12,21H,5,13-15H2,1-4H3/t21-,25+/m1/s1. The van der Waals surface area contributed by atoms with E-state index < -0.39 is 5.41 Å². The minimum atomic E-state index is -0.636. The van der Waals surface area contributed by atoms with E-state index in [2.05, 4.69) is 34.6 Å². The first-order valence-electron chi connectivity index (χ1n) is 10.9. The number of rotatable bonds is 3. The third-order valence-corrected chi connectivity index (χ3v) is 7.07. The van der Waals surface area contributed by atoms with E-state index in [0.29, 0.717) is 37.3 Å². The van der Waals surface area contributed by atoms with Crippen LogP contribution in [-0.2, 0) is 6.54 Å². The molecule has 2 aliphatic rings. The maximum atomic E-state index is 13.7. The summed E-state index contributed by atoms with van der Waals surface area (Å²) >= 11 is 0. The zero-order valence-electron chi connectivity index (χ0n) is 18.6. The Labute approximate surface area is 182 Å². The minimum absolute atomic E-state index is 0.0384. The van der Waals surface area contributed by atoms with Gasteiger partial charge in [0.25, 0.3) is 5.91 Å². The van der Waals surface area contributed by atoms with Crippen LogP contribution in [0.25, 0.3) is 5.65 Å². The van der Waals surface area contributed by atoms with Gasteiger partial charge in [0.1, 0.15) is 5.65 Å². The molecule has 1 saturated heterocycles. The predicted octanol–water partition coefficient (Wildman–Crippen LogP) is 3.50. The quantitative estimate of drug-likeness (QED) is 0.656. The molecule has 1 aromatic carbocycles. The van der Waals surface area contributed by atoms with E-state index in [0.717, 1.165) is 17.0 Å². The van der Waals surface area contributed by atoms with Crippen molar-refractivity contribution in [2.45, 2.75) is 40.3 Å². The molecule has 0 radical (unpaired) electrons. The normalized spacial score (nSPS) is 23.9. The number of nitrogens with zero attached hydrogens (tertiary/aromatic N) is 4. The molecule has 31 heavy (non-hydrogen) atoms. The molecule has 0 bridgehead atoms. The molecular weight excluding hydrogens is 388 g/mol. The second-order valence-electron chi connectivity index (χ2n) is 9.14. The van der Waals surface area contributed by atoms with Gasteiger partial charge in [0.05, 0.1) is 28.4 Å². The number of hydrogen-bond donors (Lipinski definition) is 0. The maximum Gasteiger partial charge on any atom is 0.254 e. The highest BCUT2D eigenvalue weighted by molar-refractivity contribution is 6.12. The van der Waals surface area contributed by atoms with Crippen LogP contribution in [0.5, 0.6) is 0 Å². The molecule has 2 aliphatic heterocycles. The Morgan fingerprint density at radius 3 is 2.61 bits per heavy atom. The molecule has 160 valence electrons. The van der Waals surface area contributed by atoms with Crippen LogP contribution in [0.4, 0.5) is 0 Å². The minimum Gasteiger partial charge on any atom is -0.334 e. The second kappa shape index (κ2) is 7.02. The molecule has 0 N–H and O–H groups in total. The highest BCUT2D eigenvalue weighted by atomic mass is 16.2. The van der Waals surface area contributed by atoms with Crippen LogP contribution >= 0.6 is 0 Å². The molecule has 0 saturated carbocycles. The van der Waals surface area contributed by atoms with E-state index in [1.54, 1.807) is 12.1 Å². The largest absolute Gasteiger partial charge is 0.334 e. The molecule has 3 aromatic rings. The summed E-state index contributed by atoms with van der Waals surface area (Å²) in [5.74, 6) is 0.0360. The van der Waals surface area contributed by atoms with E-state index in [1.807, 2.05) is 37.8 Å². The fourth-order valence-electron chi connectivity index (χ4n) is 5.42. The van der Waals surface area contributed by atoms with Crippen molar-refractivity contribution in [2.24, 2.45) is 5.41 Å². The lowest BCUT2D eigenvalue weighted by Gasteiger charge is -2.34. The van der Waals surface area contributed by atoms with Crippen molar-refractivity contribution in [2.75, 3.05) is 19.6 Å². The number of pyridine rings is 1. The average Bonchev–Trinajstić information content (AvgIpc) is 3.23. The number of aryl methyl sites for hydroxylation is 2. The predicted molar refractivity (Wildman–Crippen MR) is 119 cm³/mol. The van der Waals surface area contributed by atoms with Crippen LogP contribution in [0.3, 0.4) is 0 Å². The van der Waals surface area contributed by atoms with Crippen molar-refractivity contribution in [1.29, 1.82) is 0 Å². The van der Waals surface area contributed by atoms with Crippen molar-refractivity contribution in [3.8, 4) is 0 Å². The van der Waals surface area contributed by atoms with Crippen LogP contribution in [0, 0.1) is 19.3 Å². The van der Waals surface area contributed by atoms with Crippen molar-refractivity contribution in [3.05, 3.63) is 70.7 Å². The molecule has 1 amide bonds. The zero-order chi connectivity index (χ0) is 21.9. The number of likely N-dealkylation sites (N-methyl/N-ethyl adjacent to an activating group) is 1. The van der Waals surface area contributed by atoms with Gasteiger partial charge in [-0.1, -0.05) is 18.2 Å². The van der Waals surface area contributed by atoms with Crippen LogP contribution < -0.4 is 0 Å². The molecule has 0 aliphatic carbocycles. The molecule has 4 heterocycles. The summed E-state index contributed by atoms with van der Waals surface area (Å²) in [6, 6.07) is 11.3. The van der Waals surface area contributed by atoms with Gasteiger partial charge in [-0.25, -0.2) is 4.98 Å². The Bertz CT molecular complexity index is 1210. The molecule has 6 nitrogen and oxygen atoms in total. The van der Waals surface area contributed by atoms with Crippen LogP contribution in [-0.4, -0.2) is 56.6 Å². The lowest BCUT2D eigenvalue weighted by Crippen LogP contribution is -2.49. The number of benzene rings is 1. The number of hydrogen-bond acceptors (Lipinski definition) is 4. The smallest absolute Gasteiger partial charge is 0.254 e. The molecule has 1 fully saturated rings. The fourth-order valence-corrected chi connectivity index (χ4v) is 5.42. The number of amides is 1. The highest BCUT2D eigenvalue weighted by Crippen LogP contribution is 2.41. The van der Waals surface area contributed by atoms with Gasteiger partial charge in [-0.05, 0) is 51.5 Å². The molecule has 6 heteroatoms.